The molecule has 1 N–H and O–H groups in total. The molecule has 0 aliphatic carbocycles. The molecule has 0 amide bonds. The van der Waals surface area contributed by atoms with Gasteiger partial charge >= 0.3 is 0 Å². The van der Waals surface area contributed by atoms with Gasteiger partial charge in [-0.1, -0.05) is 29.8 Å². The zero-order valence-electron chi connectivity index (χ0n) is 9.81. The van der Waals surface area contributed by atoms with Gasteiger partial charge in [-0.25, -0.2) is 8.78 Å². The highest BCUT2D eigenvalue weighted by molar-refractivity contribution is 6.33. The van der Waals surface area contributed by atoms with Gasteiger partial charge in [-0.2, -0.15) is 0 Å². The first-order valence-corrected chi connectivity index (χ1v) is 5.88. The third-order valence-corrected chi connectivity index (χ3v) is 2.96. The molecule has 94 valence electrons. The molecule has 0 saturated heterocycles. The summed E-state index contributed by atoms with van der Waals surface area (Å²) >= 11 is 6.08. The minimum atomic E-state index is -0.613. The molecule has 0 aliphatic heterocycles. The lowest BCUT2D eigenvalue weighted by atomic mass is 10.0. The second-order valence-corrected chi connectivity index (χ2v) is 4.35. The van der Waals surface area contributed by atoms with Crippen LogP contribution in [0.5, 0.6) is 0 Å². The van der Waals surface area contributed by atoms with Crippen molar-refractivity contribution in [2.45, 2.75) is 6.54 Å². The van der Waals surface area contributed by atoms with E-state index < -0.39 is 11.6 Å². The molecule has 0 aromatic heterocycles. The van der Waals surface area contributed by atoms with Crippen LogP contribution in [0, 0.1) is 11.6 Å². The molecular weight excluding hydrogens is 256 g/mol. The Kier molecular flexibility index (Phi) is 3.94. The van der Waals surface area contributed by atoms with Crippen molar-refractivity contribution in [2.24, 2.45) is 0 Å². The number of hydrogen-bond acceptors (Lipinski definition) is 1. The maximum absolute atomic E-state index is 13.7. The van der Waals surface area contributed by atoms with Crippen molar-refractivity contribution in [3.05, 3.63) is 58.6 Å². The van der Waals surface area contributed by atoms with E-state index in [9.17, 15) is 8.78 Å². The third-order valence-electron chi connectivity index (χ3n) is 2.65. The fourth-order valence-corrected chi connectivity index (χ4v) is 2.13. The minimum absolute atomic E-state index is 0.0847. The second kappa shape index (κ2) is 5.46. The molecule has 2 aromatic rings. The van der Waals surface area contributed by atoms with Crippen molar-refractivity contribution in [2.75, 3.05) is 7.05 Å². The summed E-state index contributed by atoms with van der Waals surface area (Å²) in [4.78, 5) is 0. The molecular formula is C14H12ClF2N. The number of benzene rings is 2. The number of nitrogens with one attached hydrogen (secondary N) is 1. The van der Waals surface area contributed by atoms with Crippen molar-refractivity contribution in [3.63, 3.8) is 0 Å². The molecule has 0 heterocycles. The van der Waals surface area contributed by atoms with Crippen LogP contribution < -0.4 is 5.32 Å². The predicted molar refractivity (Wildman–Crippen MR) is 69.6 cm³/mol. The Morgan fingerprint density at radius 3 is 2.33 bits per heavy atom. The summed E-state index contributed by atoms with van der Waals surface area (Å²) in [6.45, 7) is 0.653. The van der Waals surface area contributed by atoms with E-state index in [2.05, 4.69) is 5.32 Å². The van der Waals surface area contributed by atoms with Gasteiger partial charge in [0.25, 0.3) is 0 Å². The summed E-state index contributed by atoms with van der Waals surface area (Å²) in [6.07, 6.45) is 0. The van der Waals surface area contributed by atoms with Crippen molar-refractivity contribution < 1.29 is 8.78 Å². The summed E-state index contributed by atoms with van der Waals surface area (Å²) in [6, 6.07) is 8.91. The van der Waals surface area contributed by atoms with Gasteiger partial charge in [0.05, 0.1) is 5.56 Å². The first-order valence-electron chi connectivity index (χ1n) is 5.51. The van der Waals surface area contributed by atoms with Gasteiger partial charge in [-0.15, -0.1) is 0 Å². The highest BCUT2D eigenvalue weighted by Crippen LogP contribution is 2.32. The largest absolute Gasteiger partial charge is 0.316 e. The van der Waals surface area contributed by atoms with Crippen LogP contribution in [0.1, 0.15) is 5.56 Å². The second-order valence-electron chi connectivity index (χ2n) is 3.94. The quantitative estimate of drug-likeness (QED) is 0.886. The van der Waals surface area contributed by atoms with Crippen LogP contribution in [0.3, 0.4) is 0 Å². The molecule has 0 spiro atoms. The van der Waals surface area contributed by atoms with Crippen molar-refractivity contribution >= 4 is 11.6 Å². The highest BCUT2D eigenvalue weighted by atomic mass is 35.5. The third kappa shape index (κ3) is 2.52. The van der Waals surface area contributed by atoms with Crippen LogP contribution in [0.15, 0.2) is 36.4 Å². The van der Waals surface area contributed by atoms with Crippen LogP contribution in [0.4, 0.5) is 8.78 Å². The predicted octanol–water partition coefficient (Wildman–Crippen LogP) is 4.00. The summed E-state index contributed by atoms with van der Waals surface area (Å²) in [7, 11) is 1.82. The van der Waals surface area contributed by atoms with Crippen molar-refractivity contribution in [1.82, 2.24) is 5.32 Å². The molecule has 2 aromatic carbocycles. The van der Waals surface area contributed by atoms with Crippen LogP contribution in [0.25, 0.3) is 11.1 Å². The molecule has 0 aliphatic rings. The lowest BCUT2D eigenvalue weighted by Crippen LogP contribution is -2.04. The van der Waals surface area contributed by atoms with E-state index >= 15 is 0 Å². The lowest BCUT2D eigenvalue weighted by Gasteiger charge is -2.09. The summed E-state index contributed by atoms with van der Waals surface area (Å²) < 4.78 is 27.3. The molecule has 0 radical (unpaired) electrons. The Balaban J connectivity index is 2.51. The van der Waals surface area contributed by atoms with Gasteiger partial charge in [0.15, 0.2) is 0 Å². The van der Waals surface area contributed by atoms with Gasteiger partial charge in [-0.05, 0) is 30.8 Å². The van der Waals surface area contributed by atoms with Crippen LogP contribution in [0.2, 0.25) is 5.02 Å². The number of hydrogen-bond donors (Lipinski definition) is 1. The maximum Gasteiger partial charge on any atom is 0.134 e. The highest BCUT2D eigenvalue weighted by Gasteiger charge is 2.14. The molecule has 0 atom stereocenters. The molecule has 0 fully saturated rings. The topological polar surface area (TPSA) is 12.0 Å². The molecule has 1 nitrogen and oxygen atoms in total. The van der Waals surface area contributed by atoms with Crippen molar-refractivity contribution in [1.29, 1.82) is 0 Å². The molecule has 18 heavy (non-hydrogen) atoms. The number of halogens is 3. The Hall–Kier alpha value is -1.45. The van der Waals surface area contributed by atoms with Crippen molar-refractivity contribution in [3.8, 4) is 11.1 Å². The summed E-state index contributed by atoms with van der Waals surface area (Å²) in [5, 5.41) is 3.33. The van der Waals surface area contributed by atoms with Gasteiger partial charge in [-0.3, -0.25) is 0 Å². The fraction of sp³-hybridized carbons (Fsp3) is 0.143. The van der Waals surface area contributed by atoms with Gasteiger partial charge in [0.2, 0.25) is 0 Å². The van der Waals surface area contributed by atoms with Gasteiger partial charge < -0.3 is 5.32 Å². The standard InChI is InChI=1S/C14H12ClF2N/c1-18-8-9-5-6-10(11(15)7-9)14-12(16)3-2-4-13(14)17/h2-7,18H,8H2,1H3. The first-order chi connectivity index (χ1) is 8.63. The van der Waals surface area contributed by atoms with Crippen LogP contribution in [-0.4, -0.2) is 7.05 Å². The molecule has 0 bridgehead atoms. The van der Waals surface area contributed by atoms with E-state index in [1.165, 1.54) is 18.2 Å². The van der Waals surface area contributed by atoms with E-state index in [4.69, 9.17) is 11.6 Å². The summed E-state index contributed by atoms with van der Waals surface area (Å²) in [5.74, 6) is -1.23. The molecule has 4 heteroatoms. The minimum Gasteiger partial charge on any atom is -0.316 e. The Labute approximate surface area is 109 Å². The SMILES string of the molecule is CNCc1ccc(-c2c(F)cccc2F)c(Cl)c1. The molecule has 0 unspecified atom stereocenters. The van der Waals surface area contributed by atoms with Gasteiger partial charge in [0.1, 0.15) is 11.6 Å². The molecule has 0 saturated carbocycles. The average molecular weight is 268 g/mol. The van der Waals surface area contributed by atoms with E-state index in [1.54, 1.807) is 18.2 Å². The first kappa shape index (κ1) is 13.0. The zero-order valence-corrected chi connectivity index (χ0v) is 10.6. The number of rotatable bonds is 3. The van der Waals surface area contributed by atoms with E-state index in [0.717, 1.165) is 5.56 Å². The monoisotopic (exact) mass is 267 g/mol. The maximum atomic E-state index is 13.7. The van der Waals surface area contributed by atoms with E-state index in [0.29, 0.717) is 17.1 Å². The Morgan fingerprint density at radius 1 is 1.11 bits per heavy atom. The fourth-order valence-electron chi connectivity index (χ4n) is 1.83. The van der Waals surface area contributed by atoms with E-state index in [1.807, 2.05) is 7.05 Å². The summed E-state index contributed by atoms with van der Waals surface area (Å²) in [5.41, 5.74) is 1.24. The average Bonchev–Trinajstić information content (AvgIpc) is 2.32. The Morgan fingerprint density at radius 2 is 1.78 bits per heavy atom. The van der Waals surface area contributed by atoms with Gasteiger partial charge in [0, 0.05) is 17.1 Å². The lowest BCUT2D eigenvalue weighted by molar-refractivity contribution is 0.589. The zero-order chi connectivity index (χ0) is 13.1. The normalized spacial score (nSPS) is 10.7. The molecule has 2 rings (SSSR count). The smallest absolute Gasteiger partial charge is 0.134 e. The van der Waals surface area contributed by atoms with Crippen LogP contribution >= 0.6 is 11.6 Å². The van der Waals surface area contributed by atoms with E-state index in [-0.39, 0.29) is 5.56 Å². The van der Waals surface area contributed by atoms with Crippen LogP contribution in [-0.2, 0) is 6.54 Å². The Bertz CT molecular complexity index is 549.